The predicted octanol–water partition coefficient (Wildman–Crippen LogP) is 0.840. The van der Waals surface area contributed by atoms with Crippen molar-refractivity contribution >= 4 is 21.8 Å². The summed E-state index contributed by atoms with van der Waals surface area (Å²) in [6, 6.07) is 1.64. The lowest BCUT2D eigenvalue weighted by Crippen LogP contribution is -2.49. The Kier molecular flexibility index (Phi) is 5.33. The number of ether oxygens (including phenoxy) is 1. The van der Waals surface area contributed by atoms with Crippen molar-refractivity contribution in [1.82, 2.24) is 14.8 Å². The highest BCUT2D eigenvalue weighted by molar-refractivity contribution is 9.10. The van der Waals surface area contributed by atoms with Gasteiger partial charge in [-0.15, -0.1) is 0 Å². The van der Waals surface area contributed by atoms with Crippen molar-refractivity contribution in [1.29, 1.82) is 0 Å². The van der Waals surface area contributed by atoms with Crippen molar-refractivity contribution in [2.24, 2.45) is 0 Å². The molecule has 0 bridgehead atoms. The number of carbonyl (C=O) groups excluding carboxylic acids is 1. The van der Waals surface area contributed by atoms with E-state index in [2.05, 4.69) is 25.8 Å². The van der Waals surface area contributed by atoms with Crippen LogP contribution in [0.5, 0.6) is 5.75 Å². The molecule has 0 saturated carbocycles. The highest BCUT2D eigenvalue weighted by atomic mass is 79.9. The molecule has 2 rings (SSSR count). The number of hydrogen-bond acceptors (Lipinski definition) is 5. The van der Waals surface area contributed by atoms with Gasteiger partial charge in [0.2, 0.25) is 5.91 Å². The van der Waals surface area contributed by atoms with Gasteiger partial charge in [-0.2, -0.15) is 0 Å². The van der Waals surface area contributed by atoms with Crippen molar-refractivity contribution < 1.29 is 14.6 Å². The maximum absolute atomic E-state index is 11.7. The number of hydrogen-bond donors (Lipinski definition) is 1. The van der Waals surface area contributed by atoms with Crippen LogP contribution in [0.2, 0.25) is 0 Å². The maximum Gasteiger partial charge on any atom is 0.248 e. The summed E-state index contributed by atoms with van der Waals surface area (Å²) in [6.07, 6.45) is 1.67. The lowest BCUT2D eigenvalue weighted by Gasteiger charge is -2.34. The molecule has 2 heterocycles. The molecule has 1 amide bonds. The first-order valence-electron chi connectivity index (χ1n) is 6.42. The van der Waals surface area contributed by atoms with E-state index in [0.29, 0.717) is 25.3 Å². The van der Waals surface area contributed by atoms with Gasteiger partial charge in [-0.05, 0) is 22.0 Å². The molecule has 110 valence electrons. The van der Waals surface area contributed by atoms with Gasteiger partial charge in [-0.25, -0.2) is 0 Å². The van der Waals surface area contributed by atoms with Crippen LogP contribution in [0.1, 0.15) is 5.69 Å². The molecule has 0 aromatic carbocycles. The fourth-order valence-corrected chi connectivity index (χ4v) is 2.48. The summed E-state index contributed by atoms with van der Waals surface area (Å²) in [7, 11) is 1.52. The molecule has 1 fully saturated rings. The van der Waals surface area contributed by atoms with E-state index in [4.69, 9.17) is 4.74 Å². The van der Waals surface area contributed by atoms with Crippen LogP contribution < -0.4 is 0 Å². The van der Waals surface area contributed by atoms with E-state index in [0.717, 1.165) is 17.6 Å². The number of methoxy groups -OCH3 is 1. The highest BCUT2D eigenvalue weighted by Crippen LogP contribution is 2.21. The van der Waals surface area contributed by atoms with Crippen LogP contribution in [0, 0.1) is 0 Å². The maximum atomic E-state index is 11.7. The molecule has 1 aliphatic heterocycles. The number of aromatic hydroxyl groups is 1. The minimum atomic E-state index is 0.0248. The topological polar surface area (TPSA) is 65.9 Å². The predicted molar refractivity (Wildman–Crippen MR) is 77.3 cm³/mol. The van der Waals surface area contributed by atoms with E-state index in [1.165, 1.54) is 7.11 Å². The lowest BCUT2D eigenvalue weighted by molar-refractivity contribution is -0.136. The van der Waals surface area contributed by atoms with Crippen LogP contribution in [0.4, 0.5) is 0 Å². The molecule has 0 aliphatic carbocycles. The first-order valence-corrected chi connectivity index (χ1v) is 7.22. The van der Waals surface area contributed by atoms with Gasteiger partial charge >= 0.3 is 0 Å². The Morgan fingerprint density at radius 3 is 2.75 bits per heavy atom. The smallest absolute Gasteiger partial charge is 0.248 e. The Balaban J connectivity index is 1.86. The van der Waals surface area contributed by atoms with Crippen LogP contribution >= 0.6 is 15.9 Å². The summed E-state index contributed by atoms with van der Waals surface area (Å²) in [5.74, 6) is 0.217. The summed E-state index contributed by atoms with van der Waals surface area (Å²) in [5, 5.41) is 9.83. The minimum Gasteiger partial charge on any atom is -0.506 e. The monoisotopic (exact) mass is 343 g/mol. The quantitative estimate of drug-likeness (QED) is 0.877. The number of carbonyl (C=O) groups is 1. The molecule has 1 aliphatic rings. The van der Waals surface area contributed by atoms with Crippen molar-refractivity contribution in [3.8, 4) is 5.75 Å². The number of rotatable bonds is 4. The second-order valence-electron chi connectivity index (χ2n) is 4.71. The molecule has 0 unspecified atom stereocenters. The third kappa shape index (κ3) is 3.91. The van der Waals surface area contributed by atoms with Crippen molar-refractivity contribution in [2.75, 3.05) is 39.9 Å². The van der Waals surface area contributed by atoms with Crippen molar-refractivity contribution in [2.45, 2.75) is 6.54 Å². The van der Waals surface area contributed by atoms with E-state index in [-0.39, 0.29) is 18.3 Å². The largest absolute Gasteiger partial charge is 0.506 e. The van der Waals surface area contributed by atoms with Crippen LogP contribution in [-0.4, -0.2) is 65.7 Å². The average molecular weight is 344 g/mol. The molecule has 20 heavy (non-hydrogen) atoms. The lowest BCUT2D eigenvalue weighted by atomic mass is 10.2. The molecule has 0 atom stereocenters. The summed E-state index contributed by atoms with van der Waals surface area (Å²) in [4.78, 5) is 19.9. The zero-order valence-electron chi connectivity index (χ0n) is 11.4. The van der Waals surface area contributed by atoms with Gasteiger partial charge in [0.05, 0.1) is 5.69 Å². The second kappa shape index (κ2) is 7.01. The molecule has 0 radical (unpaired) electrons. The Morgan fingerprint density at radius 2 is 2.15 bits per heavy atom. The first kappa shape index (κ1) is 15.2. The van der Waals surface area contributed by atoms with Crippen LogP contribution in [0.3, 0.4) is 0 Å². The van der Waals surface area contributed by atoms with Gasteiger partial charge in [-0.1, -0.05) is 0 Å². The van der Waals surface area contributed by atoms with Gasteiger partial charge in [0.15, 0.2) is 0 Å². The van der Waals surface area contributed by atoms with E-state index in [1.807, 2.05) is 0 Å². The number of halogens is 1. The molecular weight excluding hydrogens is 326 g/mol. The zero-order valence-corrected chi connectivity index (χ0v) is 13.0. The van der Waals surface area contributed by atoms with Crippen molar-refractivity contribution in [3.05, 3.63) is 22.4 Å². The van der Waals surface area contributed by atoms with Crippen LogP contribution in [0.15, 0.2) is 16.7 Å². The second-order valence-corrected chi connectivity index (χ2v) is 5.62. The minimum absolute atomic E-state index is 0.0248. The van der Waals surface area contributed by atoms with Crippen molar-refractivity contribution in [3.63, 3.8) is 0 Å². The third-order valence-corrected chi connectivity index (χ3v) is 3.71. The van der Waals surface area contributed by atoms with E-state index < -0.39 is 0 Å². The Hall–Kier alpha value is -1.18. The molecule has 1 saturated heterocycles. The number of amides is 1. The number of nitrogens with zero attached hydrogens (tertiary/aromatic N) is 3. The number of pyridine rings is 1. The normalized spacial score (nSPS) is 16.4. The van der Waals surface area contributed by atoms with Gasteiger partial charge in [-0.3, -0.25) is 14.7 Å². The SMILES string of the molecule is COCC(=O)N1CCN(Cc2ncc(Br)cc2O)CC1. The highest BCUT2D eigenvalue weighted by Gasteiger charge is 2.21. The molecule has 6 nitrogen and oxygen atoms in total. The third-order valence-electron chi connectivity index (χ3n) is 3.28. The van der Waals surface area contributed by atoms with Gasteiger partial charge in [0.25, 0.3) is 0 Å². The summed E-state index contributed by atoms with van der Waals surface area (Å²) in [6.45, 7) is 3.62. The van der Waals surface area contributed by atoms with Crippen LogP contribution in [-0.2, 0) is 16.1 Å². The summed E-state index contributed by atoms with van der Waals surface area (Å²) in [5.41, 5.74) is 0.657. The van der Waals surface area contributed by atoms with E-state index in [1.54, 1.807) is 17.2 Å². The fourth-order valence-electron chi connectivity index (χ4n) is 2.16. The standard InChI is InChI=1S/C13H18BrN3O3/c1-20-9-13(19)17-4-2-16(3-5-17)8-11-12(18)6-10(14)7-15-11/h6-7,18H,2-5,8-9H2,1H3. The Morgan fingerprint density at radius 1 is 1.45 bits per heavy atom. The molecule has 0 spiro atoms. The first-order chi connectivity index (χ1) is 9.60. The van der Waals surface area contributed by atoms with Gasteiger partial charge < -0.3 is 14.7 Å². The number of piperazine rings is 1. The molecule has 7 heteroatoms. The molecule has 1 N–H and O–H groups in total. The summed E-state index contributed by atoms with van der Waals surface area (Å²) >= 11 is 3.27. The average Bonchev–Trinajstić information content (AvgIpc) is 2.43. The summed E-state index contributed by atoms with van der Waals surface area (Å²) < 4.78 is 5.61. The number of aromatic nitrogens is 1. The van der Waals surface area contributed by atoms with E-state index in [9.17, 15) is 9.90 Å². The van der Waals surface area contributed by atoms with Gasteiger partial charge in [0, 0.05) is 50.5 Å². The Labute approximate surface area is 126 Å². The zero-order chi connectivity index (χ0) is 14.5. The fraction of sp³-hybridized carbons (Fsp3) is 0.538. The van der Waals surface area contributed by atoms with E-state index >= 15 is 0 Å². The molecular formula is C13H18BrN3O3. The molecule has 1 aromatic rings. The van der Waals surface area contributed by atoms with Crippen LogP contribution in [0.25, 0.3) is 0 Å². The van der Waals surface area contributed by atoms with Gasteiger partial charge in [0.1, 0.15) is 12.4 Å². The molecule has 1 aromatic heterocycles. The Bertz CT molecular complexity index is 476.